The van der Waals surface area contributed by atoms with Gasteiger partial charge in [-0.05, 0) is 17.7 Å². The number of thiazole rings is 1. The van der Waals surface area contributed by atoms with E-state index < -0.39 is 0 Å². The molecule has 4 aromatic carbocycles. The normalized spacial score (nSPS) is 10.9. The molecule has 0 saturated carbocycles. The van der Waals surface area contributed by atoms with Crippen molar-refractivity contribution in [3.8, 4) is 50.0 Å². The molecule has 3 nitrogen and oxygen atoms in total. The topological polar surface area (TPSA) is 30.7 Å². The Hall–Kier alpha value is -4.28. The van der Waals surface area contributed by atoms with Crippen LogP contribution in [0.4, 0.5) is 0 Å². The van der Waals surface area contributed by atoms with Gasteiger partial charge < -0.3 is 0 Å². The molecule has 34 heavy (non-hydrogen) atoms. The second kappa shape index (κ2) is 8.93. The van der Waals surface area contributed by atoms with Crippen LogP contribution < -0.4 is 0 Å². The molecule has 0 aliphatic carbocycles. The van der Waals surface area contributed by atoms with E-state index in [1.54, 1.807) is 11.3 Å². The maximum absolute atomic E-state index is 5.17. The van der Waals surface area contributed by atoms with Crippen LogP contribution in [0.3, 0.4) is 0 Å². The van der Waals surface area contributed by atoms with Crippen molar-refractivity contribution in [2.24, 2.45) is 0 Å². The summed E-state index contributed by atoms with van der Waals surface area (Å²) in [7, 11) is 0. The van der Waals surface area contributed by atoms with Crippen LogP contribution in [0, 0.1) is 0 Å². The molecular weight excluding hydrogens is 434 g/mol. The van der Waals surface area contributed by atoms with Gasteiger partial charge in [-0.25, -0.2) is 9.67 Å². The van der Waals surface area contributed by atoms with Gasteiger partial charge in [0.2, 0.25) is 0 Å². The van der Waals surface area contributed by atoms with Crippen LogP contribution in [0.2, 0.25) is 0 Å². The lowest BCUT2D eigenvalue weighted by molar-refractivity contribution is 0.891. The highest BCUT2D eigenvalue weighted by atomic mass is 32.1. The summed E-state index contributed by atoms with van der Waals surface area (Å²) < 4.78 is 2.04. The van der Waals surface area contributed by atoms with Crippen LogP contribution >= 0.6 is 11.3 Å². The van der Waals surface area contributed by atoms with Crippen molar-refractivity contribution in [1.82, 2.24) is 14.8 Å². The van der Waals surface area contributed by atoms with Crippen LogP contribution in [-0.2, 0) is 0 Å². The third-order valence-corrected chi connectivity index (χ3v) is 6.62. The number of hydrogen-bond donors (Lipinski definition) is 0. The number of aromatic nitrogens is 3. The Bertz CT molecular complexity index is 1520. The smallest absolute Gasteiger partial charge is 0.143 e. The Kier molecular flexibility index (Phi) is 5.34. The second-order valence-electron chi connectivity index (χ2n) is 7.96. The SMILES string of the molecule is c1ccc(-c2csc(-c3c(-c4ccccc4)c(-c4ccccc4)nn3-c3ccccc3)n2)cc1. The standard InChI is InChI=1S/C30H21N3S/c1-5-13-22(14-6-1)26-21-34-30(31-26)29-27(23-15-7-2-8-16-23)28(24-17-9-3-10-18-24)32-33(29)25-19-11-4-12-20-25/h1-21H. The fourth-order valence-electron chi connectivity index (χ4n) is 4.17. The molecule has 6 rings (SSSR count). The first kappa shape index (κ1) is 20.3. The van der Waals surface area contributed by atoms with Crippen molar-refractivity contribution < 1.29 is 0 Å². The zero-order chi connectivity index (χ0) is 22.7. The lowest BCUT2D eigenvalue weighted by atomic mass is 9.99. The monoisotopic (exact) mass is 455 g/mol. The van der Waals surface area contributed by atoms with Crippen LogP contribution in [-0.4, -0.2) is 14.8 Å². The number of rotatable bonds is 5. The summed E-state index contributed by atoms with van der Waals surface area (Å²) in [4.78, 5) is 5.09. The van der Waals surface area contributed by atoms with Crippen molar-refractivity contribution >= 4 is 11.3 Å². The van der Waals surface area contributed by atoms with E-state index in [1.807, 2.05) is 53.2 Å². The molecule has 0 spiro atoms. The van der Waals surface area contributed by atoms with Crippen molar-refractivity contribution in [3.63, 3.8) is 0 Å². The van der Waals surface area contributed by atoms with Crippen molar-refractivity contribution in [2.45, 2.75) is 0 Å². The molecule has 0 saturated heterocycles. The van der Waals surface area contributed by atoms with E-state index >= 15 is 0 Å². The van der Waals surface area contributed by atoms with Crippen LogP contribution in [0.5, 0.6) is 0 Å². The van der Waals surface area contributed by atoms with E-state index in [4.69, 9.17) is 10.1 Å². The molecule has 0 radical (unpaired) electrons. The van der Waals surface area contributed by atoms with Gasteiger partial charge in [-0.15, -0.1) is 11.3 Å². The quantitative estimate of drug-likeness (QED) is 0.264. The van der Waals surface area contributed by atoms with Crippen LogP contribution in [0.15, 0.2) is 127 Å². The van der Waals surface area contributed by atoms with E-state index in [-0.39, 0.29) is 0 Å². The Balaban J connectivity index is 1.65. The molecule has 0 bridgehead atoms. The molecule has 0 N–H and O–H groups in total. The number of para-hydroxylation sites is 1. The average molecular weight is 456 g/mol. The summed E-state index contributed by atoms with van der Waals surface area (Å²) in [6.07, 6.45) is 0. The minimum absolute atomic E-state index is 0.941. The molecule has 0 fully saturated rings. The highest BCUT2D eigenvalue weighted by molar-refractivity contribution is 7.13. The van der Waals surface area contributed by atoms with Gasteiger partial charge in [0.25, 0.3) is 0 Å². The molecule has 0 aliphatic heterocycles. The fourth-order valence-corrected chi connectivity index (χ4v) is 5.04. The second-order valence-corrected chi connectivity index (χ2v) is 8.81. The Labute approximate surface area is 202 Å². The molecule has 2 heterocycles. The van der Waals surface area contributed by atoms with Gasteiger partial charge in [0.05, 0.1) is 11.4 Å². The zero-order valence-electron chi connectivity index (χ0n) is 18.4. The molecular formula is C30H21N3S. The highest BCUT2D eigenvalue weighted by Gasteiger charge is 2.25. The van der Waals surface area contributed by atoms with E-state index in [0.717, 1.165) is 50.0 Å². The summed E-state index contributed by atoms with van der Waals surface area (Å²) in [5, 5.41) is 8.24. The van der Waals surface area contributed by atoms with E-state index in [2.05, 4.69) is 78.2 Å². The lowest BCUT2D eigenvalue weighted by Crippen LogP contribution is -1.99. The van der Waals surface area contributed by atoms with Crippen LogP contribution in [0.1, 0.15) is 0 Å². The minimum Gasteiger partial charge on any atom is -0.234 e. The molecule has 0 unspecified atom stereocenters. The summed E-state index contributed by atoms with van der Waals surface area (Å²) in [6.45, 7) is 0. The lowest BCUT2D eigenvalue weighted by Gasteiger charge is -2.08. The zero-order valence-corrected chi connectivity index (χ0v) is 19.2. The average Bonchev–Trinajstić information content (AvgIpc) is 3.56. The summed E-state index contributed by atoms with van der Waals surface area (Å²) in [5.41, 5.74) is 8.33. The third kappa shape index (κ3) is 3.74. The van der Waals surface area contributed by atoms with Crippen molar-refractivity contribution in [1.29, 1.82) is 0 Å². The van der Waals surface area contributed by atoms with Gasteiger partial charge in [-0.3, -0.25) is 0 Å². The van der Waals surface area contributed by atoms with Crippen LogP contribution in [0.25, 0.3) is 50.0 Å². The van der Waals surface area contributed by atoms with E-state index in [0.29, 0.717) is 0 Å². The first-order valence-electron chi connectivity index (χ1n) is 11.2. The molecule has 0 aliphatic rings. The maximum Gasteiger partial charge on any atom is 0.143 e. The highest BCUT2D eigenvalue weighted by Crippen LogP contribution is 2.42. The Morgan fingerprint density at radius 2 is 1.09 bits per heavy atom. The van der Waals surface area contributed by atoms with E-state index in [9.17, 15) is 0 Å². The van der Waals surface area contributed by atoms with E-state index in [1.165, 1.54) is 0 Å². The predicted octanol–water partition coefficient (Wildman–Crippen LogP) is 8.00. The minimum atomic E-state index is 0.941. The van der Waals surface area contributed by atoms with Gasteiger partial charge in [0.1, 0.15) is 16.4 Å². The van der Waals surface area contributed by atoms with Gasteiger partial charge in [0.15, 0.2) is 0 Å². The summed E-state index contributed by atoms with van der Waals surface area (Å²) >= 11 is 1.65. The molecule has 162 valence electrons. The van der Waals surface area contributed by atoms with Crippen molar-refractivity contribution in [2.75, 3.05) is 0 Å². The van der Waals surface area contributed by atoms with Gasteiger partial charge in [0, 0.05) is 22.1 Å². The first-order chi connectivity index (χ1) is 16.9. The predicted molar refractivity (Wildman–Crippen MR) is 141 cm³/mol. The molecule has 6 aromatic rings. The van der Waals surface area contributed by atoms with Gasteiger partial charge >= 0.3 is 0 Å². The molecule has 4 heteroatoms. The largest absolute Gasteiger partial charge is 0.234 e. The molecule has 2 aromatic heterocycles. The first-order valence-corrected chi connectivity index (χ1v) is 12.1. The van der Waals surface area contributed by atoms with Crippen molar-refractivity contribution in [3.05, 3.63) is 127 Å². The Morgan fingerprint density at radius 3 is 1.71 bits per heavy atom. The van der Waals surface area contributed by atoms with Gasteiger partial charge in [-0.1, -0.05) is 109 Å². The van der Waals surface area contributed by atoms with Gasteiger partial charge in [-0.2, -0.15) is 5.10 Å². The maximum atomic E-state index is 5.17. The molecule has 0 atom stereocenters. The Morgan fingerprint density at radius 1 is 0.559 bits per heavy atom. The fraction of sp³-hybridized carbons (Fsp3) is 0. The third-order valence-electron chi connectivity index (χ3n) is 5.77. The number of nitrogens with zero attached hydrogens (tertiary/aromatic N) is 3. The summed E-state index contributed by atoms with van der Waals surface area (Å²) in [6, 6.07) is 41.5. The molecule has 0 amide bonds. The number of hydrogen-bond acceptors (Lipinski definition) is 3. The summed E-state index contributed by atoms with van der Waals surface area (Å²) in [5.74, 6) is 0. The number of benzene rings is 4.